The van der Waals surface area contributed by atoms with Crippen molar-refractivity contribution in [1.82, 2.24) is 9.78 Å². The lowest BCUT2D eigenvalue weighted by atomic mass is 10.2. The second-order valence-electron chi connectivity index (χ2n) is 3.72. The Morgan fingerprint density at radius 2 is 2.11 bits per heavy atom. The number of aromatic nitrogens is 2. The van der Waals surface area contributed by atoms with Crippen LogP contribution in [0, 0.1) is 4.91 Å². The second kappa shape index (κ2) is 6.05. The number of amides is 1. The van der Waals surface area contributed by atoms with Crippen molar-refractivity contribution in [2.75, 3.05) is 14.2 Å². The third-order valence-electron chi connectivity index (χ3n) is 2.46. The van der Waals surface area contributed by atoms with Crippen LogP contribution in [0.2, 0.25) is 0 Å². The Balaban J connectivity index is 3.37. The first-order valence-electron chi connectivity index (χ1n) is 5.31. The van der Waals surface area contributed by atoms with Gasteiger partial charge in [-0.25, -0.2) is 4.79 Å². The zero-order chi connectivity index (χ0) is 14.6. The maximum absolute atomic E-state index is 11.5. The van der Waals surface area contributed by atoms with Gasteiger partial charge in [-0.3, -0.25) is 9.48 Å². The summed E-state index contributed by atoms with van der Waals surface area (Å²) in [5.41, 5.74) is 4.14. The number of hydrogen-bond donors (Lipinski definition) is 1. The molecule has 0 aliphatic carbocycles. The number of ether oxygens (including phenoxy) is 2. The van der Waals surface area contributed by atoms with Crippen LogP contribution >= 0.6 is 0 Å². The van der Waals surface area contributed by atoms with Crippen LogP contribution in [0.5, 0.6) is 0 Å². The van der Waals surface area contributed by atoms with E-state index in [4.69, 9.17) is 10.5 Å². The van der Waals surface area contributed by atoms with E-state index in [1.165, 1.54) is 7.11 Å². The van der Waals surface area contributed by atoms with Crippen LogP contribution in [0.25, 0.3) is 0 Å². The molecule has 1 amide bonds. The molecular formula is C10H14N4O5. The Labute approximate surface area is 108 Å². The lowest BCUT2D eigenvalue weighted by Gasteiger charge is -2.10. The summed E-state index contributed by atoms with van der Waals surface area (Å²) < 4.78 is 10.6. The number of nitroso groups, excluding NO2 is 1. The molecule has 104 valence electrons. The molecule has 1 aromatic heterocycles. The summed E-state index contributed by atoms with van der Waals surface area (Å²) in [4.78, 5) is 33.6. The number of carbonyl (C=O) groups is 2. The average molecular weight is 270 g/mol. The number of rotatable bonds is 6. The Morgan fingerprint density at radius 3 is 2.53 bits per heavy atom. The SMILES string of the molecule is COC(=O)c1nn(C[C@H](C)OC)c(C(N)=O)c1N=O. The van der Waals surface area contributed by atoms with Crippen molar-refractivity contribution in [3.8, 4) is 0 Å². The third kappa shape index (κ3) is 2.94. The maximum atomic E-state index is 11.5. The van der Waals surface area contributed by atoms with Gasteiger partial charge in [-0.2, -0.15) is 5.10 Å². The fourth-order valence-corrected chi connectivity index (χ4v) is 1.47. The van der Waals surface area contributed by atoms with E-state index in [2.05, 4.69) is 15.0 Å². The van der Waals surface area contributed by atoms with E-state index < -0.39 is 17.6 Å². The second-order valence-corrected chi connectivity index (χ2v) is 3.72. The molecule has 9 nitrogen and oxygen atoms in total. The summed E-state index contributed by atoms with van der Waals surface area (Å²) in [5.74, 6) is -1.79. The van der Waals surface area contributed by atoms with Crippen LogP contribution in [0.4, 0.5) is 5.69 Å². The van der Waals surface area contributed by atoms with Gasteiger partial charge in [0.25, 0.3) is 5.91 Å². The number of nitrogens with two attached hydrogens (primary N) is 1. The predicted molar refractivity (Wildman–Crippen MR) is 64.0 cm³/mol. The third-order valence-corrected chi connectivity index (χ3v) is 2.46. The van der Waals surface area contributed by atoms with Crippen molar-refractivity contribution in [2.24, 2.45) is 10.9 Å². The molecule has 0 radical (unpaired) electrons. The summed E-state index contributed by atoms with van der Waals surface area (Å²) in [6.45, 7) is 1.85. The summed E-state index contributed by atoms with van der Waals surface area (Å²) in [7, 11) is 2.59. The van der Waals surface area contributed by atoms with Gasteiger partial charge in [0.05, 0.1) is 19.8 Å². The molecule has 0 aromatic carbocycles. The Morgan fingerprint density at radius 1 is 1.47 bits per heavy atom. The van der Waals surface area contributed by atoms with Crippen LogP contribution < -0.4 is 5.73 Å². The monoisotopic (exact) mass is 270 g/mol. The van der Waals surface area contributed by atoms with Gasteiger partial charge in [0.2, 0.25) is 0 Å². The van der Waals surface area contributed by atoms with Gasteiger partial charge in [-0.1, -0.05) is 0 Å². The number of primary amides is 1. The van der Waals surface area contributed by atoms with E-state index in [9.17, 15) is 14.5 Å². The molecule has 19 heavy (non-hydrogen) atoms. The molecule has 1 heterocycles. The molecule has 0 aliphatic rings. The molecule has 0 fully saturated rings. The summed E-state index contributed by atoms with van der Waals surface area (Å²) in [6.07, 6.45) is -0.303. The number of hydrogen-bond acceptors (Lipinski definition) is 7. The Bertz CT molecular complexity index is 510. The van der Waals surface area contributed by atoms with Crippen LogP contribution in [-0.2, 0) is 16.0 Å². The minimum Gasteiger partial charge on any atom is -0.464 e. The van der Waals surface area contributed by atoms with E-state index in [1.807, 2.05) is 0 Å². The van der Waals surface area contributed by atoms with E-state index in [1.54, 1.807) is 6.92 Å². The highest BCUT2D eigenvalue weighted by atomic mass is 16.5. The lowest BCUT2D eigenvalue weighted by Crippen LogP contribution is -2.23. The average Bonchev–Trinajstić information content (AvgIpc) is 2.75. The van der Waals surface area contributed by atoms with Crippen LogP contribution in [0.3, 0.4) is 0 Å². The van der Waals surface area contributed by atoms with Crippen molar-refractivity contribution in [3.05, 3.63) is 16.3 Å². The molecule has 1 rings (SSSR count). The van der Waals surface area contributed by atoms with Gasteiger partial charge in [0.15, 0.2) is 17.1 Å². The molecule has 1 atom stereocenters. The normalized spacial score (nSPS) is 11.9. The molecule has 2 N–H and O–H groups in total. The molecule has 1 aromatic rings. The minimum atomic E-state index is -0.916. The van der Waals surface area contributed by atoms with E-state index >= 15 is 0 Å². The van der Waals surface area contributed by atoms with Crippen molar-refractivity contribution >= 4 is 17.6 Å². The highest BCUT2D eigenvalue weighted by Crippen LogP contribution is 2.25. The van der Waals surface area contributed by atoms with Crippen molar-refractivity contribution < 1.29 is 19.1 Å². The number of esters is 1. The molecule has 0 unspecified atom stereocenters. The quantitative estimate of drug-likeness (QED) is 0.581. The number of carbonyl (C=O) groups excluding carboxylic acids is 2. The van der Waals surface area contributed by atoms with Crippen LogP contribution in [-0.4, -0.2) is 42.0 Å². The van der Waals surface area contributed by atoms with Crippen molar-refractivity contribution in [2.45, 2.75) is 19.6 Å². The molecule has 0 bridgehead atoms. The van der Waals surface area contributed by atoms with Gasteiger partial charge in [-0.05, 0) is 12.1 Å². The topological polar surface area (TPSA) is 126 Å². The molecule has 9 heteroatoms. The van der Waals surface area contributed by atoms with E-state index in [-0.39, 0.29) is 24.0 Å². The predicted octanol–water partition coefficient (Wildman–Crippen LogP) is 0.201. The van der Waals surface area contributed by atoms with Crippen molar-refractivity contribution in [1.29, 1.82) is 0 Å². The van der Waals surface area contributed by atoms with E-state index in [0.717, 1.165) is 11.8 Å². The largest absolute Gasteiger partial charge is 0.464 e. The smallest absolute Gasteiger partial charge is 0.361 e. The number of methoxy groups -OCH3 is 2. The first-order valence-corrected chi connectivity index (χ1v) is 5.31. The van der Waals surface area contributed by atoms with E-state index in [0.29, 0.717) is 0 Å². The maximum Gasteiger partial charge on any atom is 0.361 e. The number of nitrogens with zero attached hydrogens (tertiary/aromatic N) is 3. The van der Waals surface area contributed by atoms with Gasteiger partial charge < -0.3 is 15.2 Å². The first-order chi connectivity index (χ1) is 8.96. The molecule has 0 aliphatic heterocycles. The standard InChI is InChI=1S/C10H14N4O5/c1-5(18-2)4-14-8(9(11)15)6(13-17)7(12-14)10(16)19-3/h5H,4H2,1-3H3,(H2,11,15)/t5-/m0/s1. The van der Waals surface area contributed by atoms with Gasteiger partial charge in [-0.15, -0.1) is 4.91 Å². The van der Waals surface area contributed by atoms with Gasteiger partial charge in [0.1, 0.15) is 0 Å². The highest BCUT2D eigenvalue weighted by molar-refractivity contribution is 6.02. The van der Waals surface area contributed by atoms with Crippen molar-refractivity contribution in [3.63, 3.8) is 0 Å². The van der Waals surface area contributed by atoms with Gasteiger partial charge >= 0.3 is 5.97 Å². The fourth-order valence-electron chi connectivity index (χ4n) is 1.47. The highest BCUT2D eigenvalue weighted by Gasteiger charge is 2.28. The van der Waals surface area contributed by atoms with Crippen LogP contribution in [0.1, 0.15) is 27.9 Å². The summed E-state index contributed by atoms with van der Waals surface area (Å²) in [5, 5.41) is 6.47. The molecule has 0 saturated carbocycles. The van der Waals surface area contributed by atoms with Crippen LogP contribution in [0.15, 0.2) is 5.18 Å². The Kier molecular flexibility index (Phi) is 4.70. The summed E-state index contributed by atoms with van der Waals surface area (Å²) in [6, 6.07) is 0. The molecule has 0 spiro atoms. The molecule has 0 saturated heterocycles. The molecular weight excluding hydrogens is 256 g/mol. The fraction of sp³-hybridized carbons (Fsp3) is 0.500. The van der Waals surface area contributed by atoms with Gasteiger partial charge in [0, 0.05) is 7.11 Å². The zero-order valence-corrected chi connectivity index (χ0v) is 10.7. The Hall–Kier alpha value is -2.29. The lowest BCUT2D eigenvalue weighted by molar-refractivity contribution is 0.0591. The first kappa shape index (κ1) is 14.8. The zero-order valence-electron chi connectivity index (χ0n) is 10.7. The minimum absolute atomic E-state index is 0.133. The summed E-state index contributed by atoms with van der Waals surface area (Å²) >= 11 is 0.